The van der Waals surface area contributed by atoms with E-state index >= 15 is 0 Å². The molecule has 0 saturated carbocycles. The van der Waals surface area contributed by atoms with Gasteiger partial charge in [-0.05, 0) is 5.56 Å². The third-order valence-corrected chi connectivity index (χ3v) is 2.09. The van der Waals surface area contributed by atoms with Gasteiger partial charge in [0.25, 0.3) is 0 Å². The van der Waals surface area contributed by atoms with Crippen molar-refractivity contribution in [1.29, 1.82) is 0 Å². The Morgan fingerprint density at radius 1 is 1.18 bits per heavy atom. The Hall–Kier alpha value is -0.810. The number of rotatable bonds is 2. The SMILES string of the molecule is [C-]#[N+]Cc1ccc(CBr)cc1. The van der Waals surface area contributed by atoms with Crippen LogP contribution in [0, 0.1) is 6.57 Å². The molecule has 0 fully saturated rings. The molecule has 0 aliphatic carbocycles. The Morgan fingerprint density at radius 2 is 1.73 bits per heavy atom. The summed E-state index contributed by atoms with van der Waals surface area (Å²) in [7, 11) is 0. The Labute approximate surface area is 75.0 Å². The number of hydrogen-bond acceptors (Lipinski definition) is 0. The smallest absolute Gasteiger partial charge is 0.239 e. The molecule has 0 aliphatic heterocycles. The van der Waals surface area contributed by atoms with Crippen molar-refractivity contribution in [3.63, 3.8) is 0 Å². The van der Waals surface area contributed by atoms with Gasteiger partial charge in [-0.25, -0.2) is 6.57 Å². The van der Waals surface area contributed by atoms with Crippen LogP contribution in [0.3, 0.4) is 0 Å². The van der Waals surface area contributed by atoms with Crippen molar-refractivity contribution in [2.45, 2.75) is 11.9 Å². The van der Waals surface area contributed by atoms with E-state index in [1.807, 2.05) is 24.3 Å². The Kier molecular flexibility index (Phi) is 3.13. The summed E-state index contributed by atoms with van der Waals surface area (Å²) in [4.78, 5) is 3.30. The van der Waals surface area contributed by atoms with E-state index in [0.717, 1.165) is 10.9 Å². The molecule has 0 aliphatic rings. The standard InChI is InChI=1S/C9H8BrN/c1-11-7-9-4-2-8(6-10)3-5-9/h2-5H,6-7H2. The Morgan fingerprint density at radius 3 is 2.18 bits per heavy atom. The molecule has 0 spiro atoms. The number of halogens is 1. The van der Waals surface area contributed by atoms with Crippen LogP contribution < -0.4 is 0 Å². The van der Waals surface area contributed by atoms with E-state index in [0.29, 0.717) is 6.54 Å². The quantitative estimate of drug-likeness (QED) is 0.522. The van der Waals surface area contributed by atoms with Crippen molar-refractivity contribution < 1.29 is 0 Å². The van der Waals surface area contributed by atoms with Crippen LogP contribution in [0.2, 0.25) is 0 Å². The molecule has 0 bridgehead atoms. The van der Waals surface area contributed by atoms with Crippen molar-refractivity contribution in [2.75, 3.05) is 0 Å². The van der Waals surface area contributed by atoms with Gasteiger partial charge in [-0.2, -0.15) is 0 Å². The molecule has 1 aromatic carbocycles. The fourth-order valence-corrected chi connectivity index (χ4v) is 1.20. The van der Waals surface area contributed by atoms with E-state index in [2.05, 4.69) is 20.8 Å². The number of alkyl halides is 1. The molecule has 1 nitrogen and oxygen atoms in total. The van der Waals surface area contributed by atoms with Crippen LogP contribution in [0.15, 0.2) is 24.3 Å². The zero-order valence-corrected chi connectivity index (χ0v) is 7.63. The predicted octanol–water partition coefficient (Wildman–Crippen LogP) is 3.00. The van der Waals surface area contributed by atoms with Gasteiger partial charge in [0, 0.05) is 10.9 Å². The zero-order chi connectivity index (χ0) is 8.10. The molecule has 0 heterocycles. The first-order chi connectivity index (χ1) is 5.36. The lowest BCUT2D eigenvalue weighted by atomic mass is 10.1. The molecule has 0 aromatic heterocycles. The maximum absolute atomic E-state index is 6.65. The van der Waals surface area contributed by atoms with E-state index in [1.165, 1.54) is 5.56 Å². The summed E-state index contributed by atoms with van der Waals surface area (Å²) in [5.74, 6) is 0. The summed E-state index contributed by atoms with van der Waals surface area (Å²) in [6, 6.07) is 8.06. The molecule has 0 unspecified atom stereocenters. The van der Waals surface area contributed by atoms with Gasteiger partial charge in [0.15, 0.2) is 0 Å². The molecule has 56 valence electrons. The fourth-order valence-electron chi connectivity index (χ4n) is 0.825. The third kappa shape index (κ3) is 2.36. The molecular weight excluding hydrogens is 202 g/mol. The van der Waals surface area contributed by atoms with Gasteiger partial charge in [0.2, 0.25) is 6.54 Å². The molecule has 0 N–H and O–H groups in total. The van der Waals surface area contributed by atoms with E-state index < -0.39 is 0 Å². The minimum absolute atomic E-state index is 0.489. The average molecular weight is 210 g/mol. The fraction of sp³-hybridized carbons (Fsp3) is 0.222. The van der Waals surface area contributed by atoms with Crippen molar-refractivity contribution in [2.24, 2.45) is 0 Å². The van der Waals surface area contributed by atoms with Crippen LogP contribution >= 0.6 is 15.9 Å². The summed E-state index contributed by atoms with van der Waals surface area (Å²) in [5.41, 5.74) is 2.34. The molecule has 0 amide bonds. The lowest BCUT2D eigenvalue weighted by molar-refractivity contribution is 1.25. The second-order valence-corrected chi connectivity index (χ2v) is 2.83. The van der Waals surface area contributed by atoms with Gasteiger partial charge in [0.1, 0.15) is 0 Å². The van der Waals surface area contributed by atoms with Crippen molar-refractivity contribution >= 4 is 15.9 Å². The normalized spacial score (nSPS) is 9.09. The highest BCUT2D eigenvalue weighted by atomic mass is 79.9. The lowest BCUT2D eigenvalue weighted by Gasteiger charge is -1.94. The molecule has 0 radical (unpaired) electrons. The first kappa shape index (κ1) is 8.29. The monoisotopic (exact) mass is 209 g/mol. The number of benzene rings is 1. The van der Waals surface area contributed by atoms with Crippen LogP contribution in [-0.4, -0.2) is 0 Å². The van der Waals surface area contributed by atoms with Crippen LogP contribution in [0.4, 0.5) is 0 Å². The lowest BCUT2D eigenvalue weighted by Crippen LogP contribution is -1.80. The second kappa shape index (κ2) is 4.15. The van der Waals surface area contributed by atoms with Gasteiger partial charge in [0.05, 0.1) is 0 Å². The van der Waals surface area contributed by atoms with Gasteiger partial charge < -0.3 is 4.85 Å². The molecule has 0 atom stereocenters. The van der Waals surface area contributed by atoms with E-state index in [9.17, 15) is 0 Å². The van der Waals surface area contributed by atoms with Gasteiger partial charge >= 0.3 is 0 Å². The maximum Gasteiger partial charge on any atom is 0.239 e. The predicted molar refractivity (Wildman–Crippen MR) is 49.4 cm³/mol. The Bertz CT molecular complexity index is 258. The summed E-state index contributed by atoms with van der Waals surface area (Å²) in [6.07, 6.45) is 0. The first-order valence-electron chi connectivity index (χ1n) is 3.34. The van der Waals surface area contributed by atoms with Crippen LogP contribution in [0.25, 0.3) is 4.85 Å². The van der Waals surface area contributed by atoms with E-state index in [-0.39, 0.29) is 0 Å². The van der Waals surface area contributed by atoms with E-state index in [1.54, 1.807) is 0 Å². The molecular formula is C9H8BrN. The molecule has 2 heteroatoms. The van der Waals surface area contributed by atoms with Crippen LogP contribution in [-0.2, 0) is 11.9 Å². The highest BCUT2D eigenvalue weighted by molar-refractivity contribution is 9.08. The maximum atomic E-state index is 6.65. The summed E-state index contributed by atoms with van der Waals surface area (Å²) in [5, 5.41) is 0.880. The average Bonchev–Trinajstić information content (AvgIpc) is 2.07. The molecule has 1 rings (SSSR count). The summed E-state index contributed by atoms with van der Waals surface area (Å²) >= 11 is 3.36. The van der Waals surface area contributed by atoms with Crippen LogP contribution in [0.5, 0.6) is 0 Å². The van der Waals surface area contributed by atoms with Gasteiger partial charge in [-0.15, -0.1) is 0 Å². The minimum Gasteiger partial charge on any atom is -0.312 e. The van der Waals surface area contributed by atoms with Gasteiger partial charge in [-0.1, -0.05) is 40.2 Å². The summed E-state index contributed by atoms with van der Waals surface area (Å²) < 4.78 is 0. The molecule has 11 heavy (non-hydrogen) atoms. The Balaban J connectivity index is 2.76. The highest BCUT2D eigenvalue weighted by Gasteiger charge is 1.93. The first-order valence-corrected chi connectivity index (χ1v) is 4.46. The third-order valence-electron chi connectivity index (χ3n) is 1.44. The number of hydrogen-bond donors (Lipinski definition) is 0. The van der Waals surface area contributed by atoms with Crippen molar-refractivity contribution in [3.05, 3.63) is 46.8 Å². The van der Waals surface area contributed by atoms with Crippen LogP contribution in [0.1, 0.15) is 11.1 Å². The van der Waals surface area contributed by atoms with Crippen molar-refractivity contribution in [1.82, 2.24) is 0 Å². The molecule has 1 aromatic rings. The van der Waals surface area contributed by atoms with Crippen molar-refractivity contribution in [3.8, 4) is 0 Å². The molecule has 0 saturated heterocycles. The zero-order valence-electron chi connectivity index (χ0n) is 6.05. The topological polar surface area (TPSA) is 4.36 Å². The largest absolute Gasteiger partial charge is 0.312 e. The minimum atomic E-state index is 0.489. The van der Waals surface area contributed by atoms with E-state index in [4.69, 9.17) is 6.57 Å². The second-order valence-electron chi connectivity index (χ2n) is 2.27. The number of nitrogens with zero attached hydrogens (tertiary/aromatic N) is 1. The summed E-state index contributed by atoms with van der Waals surface area (Å²) in [6.45, 7) is 7.14. The van der Waals surface area contributed by atoms with Gasteiger partial charge in [-0.3, -0.25) is 0 Å². The highest BCUT2D eigenvalue weighted by Crippen LogP contribution is 2.08.